The molecule has 1 heterocycles. The van der Waals surface area contributed by atoms with Crippen molar-refractivity contribution in [2.45, 2.75) is 6.92 Å². The van der Waals surface area contributed by atoms with E-state index in [1.165, 1.54) is 6.20 Å². The Morgan fingerprint density at radius 3 is 2.71 bits per heavy atom. The molecular formula is C21H17ClN4O2. The van der Waals surface area contributed by atoms with Gasteiger partial charge in [0.1, 0.15) is 17.5 Å². The summed E-state index contributed by atoms with van der Waals surface area (Å²) in [6.07, 6.45) is 1.53. The molecule has 2 N–H and O–H groups in total. The first-order valence-electron chi connectivity index (χ1n) is 8.39. The van der Waals surface area contributed by atoms with E-state index in [4.69, 9.17) is 21.6 Å². The lowest BCUT2D eigenvalue weighted by Gasteiger charge is -2.14. The van der Waals surface area contributed by atoms with Gasteiger partial charge in [-0.1, -0.05) is 23.7 Å². The molecule has 0 unspecified atom stereocenters. The van der Waals surface area contributed by atoms with Crippen molar-refractivity contribution in [3.05, 3.63) is 76.6 Å². The first-order valence-corrected chi connectivity index (χ1v) is 8.77. The molecule has 6 nitrogen and oxygen atoms in total. The van der Waals surface area contributed by atoms with Crippen LogP contribution in [0.2, 0.25) is 5.02 Å². The first kappa shape index (κ1) is 19.2. The van der Waals surface area contributed by atoms with Crippen LogP contribution in [0, 0.1) is 18.3 Å². The van der Waals surface area contributed by atoms with Crippen LogP contribution < -0.4 is 15.4 Å². The third-order valence-electron chi connectivity index (χ3n) is 4.05. The standard InChI is InChI=1S/C21H17ClN4O2/c1-13-9-18(20(28-2)11-16(13)22)25-15-7-8-24-19(10-15)21(27)26-17-6-4-3-5-14(17)12-23/h3-11H,1-2H3,(H,24,25)(H,26,27). The number of benzene rings is 2. The van der Waals surface area contributed by atoms with Crippen LogP contribution in [-0.4, -0.2) is 18.0 Å². The molecule has 0 aliphatic rings. The van der Waals surface area contributed by atoms with E-state index in [2.05, 4.69) is 15.6 Å². The van der Waals surface area contributed by atoms with Gasteiger partial charge in [0.2, 0.25) is 0 Å². The van der Waals surface area contributed by atoms with Crippen LogP contribution in [0.25, 0.3) is 0 Å². The number of aromatic nitrogens is 1. The molecule has 0 fully saturated rings. The van der Waals surface area contributed by atoms with Gasteiger partial charge in [0.15, 0.2) is 0 Å². The number of para-hydroxylation sites is 1. The summed E-state index contributed by atoms with van der Waals surface area (Å²) in [6.45, 7) is 1.89. The minimum Gasteiger partial charge on any atom is -0.495 e. The zero-order valence-electron chi connectivity index (χ0n) is 15.3. The second-order valence-electron chi connectivity index (χ2n) is 5.97. The second-order valence-corrected chi connectivity index (χ2v) is 6.38. The van der Waals surface area contributed by atoms with E-state index < -0.39 is 5.91 Å². The summed E-state index contributed by atoms with van der Waals surface area (Å²) >= 11 is 6.14. The average molecular weight is 393 g/mol. The zero-order chi connectivity index (χ0) is 20.1. The topological polar surface area (TPSA) is 87.0 Å². The molecule has 3 rings (SSSR count). The van der Waals surface area contributed by atoms with Crippen LogP contribution in [0.1, 0.15) is 21.6 Å². The van der Waals surface area contributed by atoms with E-state index in [9.17, 15) is 4.79 Å². The highest BCUT2D eigenvalue weighted by Crippen LogP contribution is 2.33. The molecular weight excluding hydrogens is 376 g/mol. The van der Waals surface area contributed by atoms with Crippen molar-refractivity contribution < 1.29 is 9.53 Å². The van der Waals surface area contributed by atoms with Gasteiger partial charge in [-0.2, -0.15) is 5.26 Å². The van der Waals surface area contributed by atoms with Crippen LogP contribution in [-0.2, 0) is 0 Å². The highest BCUT2D eigenvalue weighted by molar-refractivity contribution is 6.31. The minimum absolute atomic E-state index is 0.211. The van der Waals surface area contributed by atoms with Crippen LogP contribution in [0.4, 0.5) is 17.1 Å². The number of rotatable bonds is 5. The lowest BCUT2D eigenvalue weighted by molar-refractivity contribution is 0.102. The number of methoxy groups -OCH3 is 1. The molecule has 0 spiro atoms. The minimum atomic E-state index is -0.411. The Morgan fingerprint density at radius 2 is 1.96 bits per heavy atom. The number of nitriles is 1. The smallest absolute Gasteiger partial charge is 0.274 e. The van der Waals surface area contributed by atoms with Gasteiger partial charge in [-0.15, -0.1) is 0 Å². The quantitative estimate of drug-likeness (QED) is 0.643. The Hall–Kier alpha value is -3.56. The van der Waals surface area contributed by atoms with Crippen molar-refractivity contribution >= 4 is 34.6 Å². The lowest BCUT2D eigenvalue weighted by Crippen LogP contribution is -2.14. The van der Waals surface area contributed by atoms with Crippen molar-refractivity contribution in [3.63, 3.8) is 0 Å². The summed E-state index contributed by atoms with van der Waals surface area (Å²) in [6, 6.07) is 15.8. The number of pyridine rings is 1. The Balaban J connectivity index is 1.84. The maximum atomic E-state index is 12.6. The molecule has 0 radical (unpaired) electrons. The molecule has 2 aromatic carbocycles. The van der Waals surface area contributed by atoms with E-state index >= 15 is 0 Å². The third-order valence-corrected chi connectivity index (χ3v) is 4.46. The molecule has 0 bridgehead atoms. The molecule has 0 atom stereocenters. The largest absolute Gasteiger partial charge is 0.495 e. The molecule has 1 aromatic heterocycles. The monoisotopic (exact) mass is 392 g/mol. The first-order chi connectivity index (χ1) is 13.5. The van der Waals surface area contributed by atoms with Crippen molar-refractivity contribution in [1.29, 1.82) is 5.26 Å². The van der Waals surface area contributed by atoms with Crippen LogP contribution in [0.15, 0.2) is 54.7 Å². The summed E-state index contributed by atoms with van der Waals surface area (Å²) in [5.74, 6) is 0.173. The fourth-order valence-corrected chi connectivity index (χ4v) is 2.75. The predicted molar refractivity (Wildman–Crippen MR) is 109 cm³/mol. The SMILES string of the molecule is COc1cc(Cl)c(C)cc1Nc1ccnc(C(=O)Nc2ccccc2C#N)c1. The number of halogens is 1. The maximum Gasteiger partial charge on any atom is 0.274 e. The summed E-state index contributed by atoms with van der Waals surface area (Å²) in [7, 11) is 1.56. The van der Waals surface area contributed by atoms with Crippen molar-refractivity contribution in [1.82, 2.24) is 4.98 Å². The van der Waals surface area contributed by atoms with Gasteiger partial charge < -0.3 is 15.4 Å². The fraction of sp³-hybridized carbons (Fsp3) is 0.0952. The summed E-state index contributed by atoms with van der Waals surface area (Å²) in [5.41, 5.74) is 3.30. The Kier molecular flexibility index (Phi) is 5.78. The number of anilines is 3. The van der Waals surface area contributed by atoms with Crippen molar-refractivity contribution in [3.8, 4) is 11.8 Å². The molecule has 140 valence electrons. The number of hydrogen-bond donors (Lipinski definition) is 2. The number of aryl methyl sites for hydroxylation is 1. The van der Waals surface area contributed by atoms with Gasteiger partial charge in [0.25, 0.3) is 5.91 Å². The van der Waals surface area contributed by atoms with E-state index in [1.807, 2.05) is 19.1 Å². The maximum absolute atomic E-state index is 12.6. The summed E-state index contributed by atoms with van der Waals surface area (Å²) in [4.78, 5) is 16.7. The molecule has 0 saturated carbocycles. The van der Waals surface area contributed by atoms with Crippen LogP contribution in [0.3, 0.4) is 0 Å². The van der Waals surface area contributed by atoms with Crippen molar-refractivity contribution in [2.75, 3.05) is 17.7 Å². The number of ether oxygens (including phenoxy) is 1. The van der Waals surface area contributed by atoms with E-state index in [1.54, 1.807) is 49.6 Å². The summed E-state index contributed by atoms with van der Waals surface area (Å²) < 4.78 is 5.36. The van der Waals surface area contributed by atoms with Crippen molar-refractivity contribution in [2.24, 2.45) is 0 Å². The Bertz CT molecular complexity index is 1080. The molecule has 7 heteroatoms. The number of nitrogens with one attached hydrogen (secondary N) is 2. The van der Waals surface area contributed by atoms with E-state index in [0.717, 1.165) is 11.3 Å². The number of nitrogens with zero attached hydrogens (tertiary/aromatic N) is 2. The van der Waals surface area contributed by atoms with Gasteiger partial charge in [-0.05, 0) is 42.8 Å². The van der Waals surface area contributed by atoms with Gasteiger partial charge in [0, 0.05) is 23.0 Å². The highest BCUT2D eigenvalue weighted by atomic mass is 35.5. The second kappa shape index (κ2) is 8.42. The molecule has 28 heavy (non-hydrogen) atoms. The Labute approximate surface area is 167 Å². The van der Waals surface area contributed by atoms with Gasteiger partial charge >= 0.3 is 0 Å². The number of amides is 1. The molecule has 0 saturated heterocycles. The van der Waals surface area contributed by atoms with Gasteiger partial charge in [-0.25, -0.2) is 0 Å². The van der Waals surface area contributed by atoms with E-state index in [0.29, 0.717) is 27.7 Å². The number of hydrogen-bond acceptors (Lipinski definition) is 5. The zero-order valence-corrected chi connectivity index (χ0v) is 16.0. The predicted octanol–water partition coefficient (Wildman–Crippen LogP) is 4.92. The van der Waals surface area contributed by atoms with Gasteiger partial charge in [-0.3, -0.25) is 9.78 Å². The van der Waals surface area contributed by atoms with Crippen LogP contribution >= 0.6 is 11.6 Å². The molecule has 1 amide bonds. The molecule has 0 aliphatic heterocycles. The van der Waals surface area contributed by atoms with E-state index in [-0.39, 0.29) is 5.69 Å². The number of carbonyl (C=O) groups excluding carboxylic acids is 1. The number of carbonyl (C=O) groups is 1. The highest BCUT2D eigenvalue weighted by Gasteiger charge is 2.12. The molecule has 3 aromatic rings. The molecule has 0 aliphatic carbocycles. The lowest BCUT2D eigenvalue weighted by atomic mass is 10.2. The normalized spacial score (nSPS) is 10.1. The van der Waals surface area contributed by atoms with Crippen LogP contribution in [0.5, 0.6) is 5.75 Å². The third kappa shape index (κ3) is 4.22. The average Bonchev–Trinajstić information content (AvgIpc) is 2.71. The Morgan fingerprint density at radius 1 is 1.18 bits per heavy atom. The summed E-state index contributed by atoms with van der Waals surface area (Å²) in [5, 5.41) is 15.7. The fourth-order valence-electron chi connectivity index (χ4n) is 2.59. The van der Waals surface area contributed by atoms with Gasteiger partial charge in [0.05, 0.1) is 24.0 Å².